The van der Waals surface area contributed by atoms with Crippen molar-refractivity contribution in [3.05, 3.63) is 12.5 Å². The van der Waals surface area contributed by atoms with Crippen LogP contribution in [0.3, 0.4) is 0 Å². The van der Waals surface area contributed by atoms with Gasteiger partial charge in [-0.3, -0.25) is 4.57 Å². The fourth-order valence-electron chi connectivity index (χ4n) is 2.29. The van der Waals surface area contributed by atoms with Crippen molar-refractivity contribution >= 4 is 17.1 Å². The van der Waals surface area contributed by atoms with Crippen LogP contribution in [0.2, 0.25) is 0 Å². The summed E-state index contributed by atoms with van der Waals surface area (Å²) in [7, 11) is 3.72. The van der Waals surface area contributed by atoms with E-state index in [0.29, 0.717) is 23.5 Å². The van der Waals surface area contributed by atoms with E-state index in [1.165, 1.54) is 0 Å². The molecule has 3 heterocycles. The summed E-state index contributed by atoms with van der Waals surface area (Å²) in [5.41, 5.74) is 1.32. The van der Waals surface area contributed by atoms with E-state index in [2.05, 4.69) is 15.0 Å². The zero-order valence-corrected chi connectivity index (χ0v) is 11.3. The lowest BCUT2D eigenvalue weighted by Crippen LogP contribution is -2.24. The first-order valence-electron chi connectivity index (χ1n) is 6.41. The van der Waals surface area contributed by atoms with Crippen LogP contribution in [0.4, 0.5) is 5.95 Å². The van der Waals surface area contributed by atoms with Crippen molar-refractivity contribution in [1.82, 2.24) is 19.5 Å². The topological polar surface area (TPSA) is 96.5 Å². The molecule has 0 aromatic carbocycles. The van der Waals surface area contributed by atoms with Crippen LogP contribution in [0.15, 0.2) is 12.5 Å². The Labute approximate surface area is 115 Å². The standard InChI is InChI=1S/C12H17N5O3/c1-16(2)12-13-4-7-11(15-12)17(6-14-7)10-3-8(19)9(5-18)20-10/h4,6,8-10,18-19H,3,5H2,1-2H3/t8-,9+,10+/m1/s1. The zero-order chi connectivity index (χ0) is 14.3. The Morgan fingerprint density at radius 1 is 1.45 bits per heavy atom. The van der Waals surface area contributed by atoms with E-state index in [9.17, 15) is 5.11 Å². The molecule has 0 radical (unpaired) electrons. The molecule has 0 spiro atoms. The van der Waals surface area contributed by atoms with Gasteiger partial charge in [0.15, 0.2) is 5.65 Å². The fraction of sp³-hybridized carbons (Fsp3) is 0.583. The van der Waals surface area contributed by atoms with Gasteiger partial charge < -0.3 is 19.8 Å². The number of rotatable bonds is 3. The van der Waals surface area contributed by atoms with E-state index < -0.39 is 12.2 Å². The van der Waals surface area contributed by atoms with Gasteiger partial charge in [0.1, 0.15) is 17.8 Å². The van der Waals surface area contributed by atoms with Crippen molar-refractivity contribution in [3.8, 4) is 0 Å². The van der Waals surface area contributed by atoms with Gasteiger partial charge in [-0.25, -0.2) is 9.97 Å². The fourth-order valence-corrected chi connectivity index (χ4v) is 2.29. The summed E-state index contributed by atoms with van der Waals surface area (Å²) in [5, 5.41) is 19.0. The predicted molar refractivity (Wildman–Crippen MR) is 71.3 cm³/mol. The van der Waals surface area contributed by atoms with E-state index in [1.807, 2.05) is 14.1 Å². The Morgan fingerprint density at radius 3 is 2.90 bits per heavy atom. The number of hydrogen-bond acceptors (Lipinski definition) is 7. The normalized spacial score (nSPS) is 26.3. The van der Waals surface area contributed by atoms with E-state index in [-0.39, 0.29) is 12.8 Å². The number of hydrogen-bond donors (Lipinski definition) is 2. The third kappa shape index (κ3) is 2.11. The second-order valence-corrected chi connectivity index (χ2v) is 5.04. The lowest BCUT2D eigenvalue weighted by molar-refractivity contribution is -0.0432. The summed E-state index contributed by atoms with van der Waals surface area (Å²) in [6.45, 7) is -0.206. The van der Waals surface area contributed by atoms with Gasteiger partial charge >= 0.3 is 0 Å². The molecule has 0 unspecified atom stereocenters. The summed E-state index contributed by atoms with van der Waals surface area (Å²) in [5.74, 6) is 0.580. The third-order valence-electron chi connectivity index (χ3n) is 3.40. The summed E-state index contributed by atoms with van der Waals surface area (Å²) < 4.78 is 7.39. The second kappa shape index (κ2) is 4.97. The van der Waals surface area contributed by atoms with Crippen LogP contribution in [0, 0.1) is 0 Å². The SMILES string of the molecule is CN(C)c1ncc2ncn([C@@H]3C[C@@H](O)[C@H](CO)O3)c2n1. The lowest BCUT2D eigenvalue weighted by atomic mass is 10.2. The minimum absolute atomic E-state index is 0.206. The van der Waals surface area contributed by atoms with Crippen LogP contribution in [-0.2, 0) is 4.74 Å². The number of aromatic nitrogens is 4. The van der Waals surface area contributed by atoms with Crippen LogP contribution in [0.5, 0.6) is 0 Å². The molecule has 1 aliphatic rings. The molecule has 8 heteroatoms. The van der Waals surface area contributed by atoms with Gasteiger partial charge in [-0.2, -0.15) is 4.98 Å². The number of aliphatic hydroxyl groups excluding tert-OH is 2. The van der Waals surface area contributed by atoms with Gasteiger partial charge in [-0.15, -0.1) is 0 Å². The van der Waals surface area contributed by atoms with Crippen molar-refractivity contribution in [2.75, 3.05) is 25.6 Å². The Balaban J connectivity index is 1.98. The van der Waals surface area contributed by atoms with Gasteiger partial charge in [0.25, 0.3) is 0 Å². The number of nitrogens with zero attached hydrogens (tertiary/aromatic N) is 5. The van der Waals surface area contributed by atoms with Crippen molar-refractivity contribution in [2.45, 2.75) is 24.9 Å². The maximum Gasteiger partial charge on any atom is 0.226 e. The van der Waals surface area contributed by atoms with Crippen LogP contribution in [-0.4, -0.2) is 62.6 Å². The molecule has 0 saturated carbocycles. The monoisotopic (exact) mass is 279 g/mol. The third-order valence-corrected chi connectivity index (χ3v) is 3.40. The van der Waals surface area contributed by atoms with E-state index in [0.717, 1.165) is 0 Å². The smallest absolute Gasteiger partial charge is 0.226 e. The highest BCUT2D eigenvalue weighted by atomic mass is 16.5. The van der Waals surface area contributed by atoms with E-state index >= 15 is 0 Å². The number of ether oxygens (including phenoxy) is 1. The van der Waals surface area contributed by atoms with Crippen molar-refractivity contribution < 1.29 is 14.9 Å². The summed E-state index contributed by atoms with van der Waals surface area (Å²) in [6, 6.07) is 0. The molecule has 3 rings (SSSR count). The molecule has 0 amide bonds. The first kappa shape index (κ1) is 13.2. The van der Waals surface area contributed by atoms with Crippen LogP contribution in [0.1, 0.15) is 12.6 Å². The molecule has 8 nitrogen and oxygen atoms in total. The highest BCUT2D eigenvalue weighted by Gasteiger charge is 2.35. The zero-order valence-electron chi connectivity index (χ0n) is 11.3. The number of fused-ring (bicyclic) bond motifs is 1. The quantitative estimate of drug-likeness (QED) is 0.784. The Hall–Kier alpha value is -1.77. The number of imidazole rings is 1. The predicted octanol–water partition coefficient (Wildman–Crippen LogP) is -0.467. The summed E-state index contributed by atoms with van der Waals surface area (Å²) in [6.07, 6.45) is 2.05. The van der Waals surface area contributed by atoms with Gasteiger partial charge in [-0.1, -0.05) is 0 Å². The molecule has 108 valence electrons. The minimum Gasteiger partial charge on any atom is -0.394 e. The second-order valence-electron chi connectivity index (χ2n) is 5.04. The molecule has 2 aromatic rings. The van der Waals surface area contributed by atoms with Crippen molar-refractivity contribution in [3.63, 3.8) is 0 Å². The van der Waals surface area contributed by atoms with E-state index in [4.69, 9.17) is 9.84 Å². The van der Waals surface area contributed by atoms with E-state index in [1.54, 1.807) is 22.0 Å². The molecule has 1 saturated heterocycles. The molecular formula is C12H17N5O3. The molecule has 3 atom stereocenters. The average molecular weight is 279 g/mol. The highest BCUT2D eigenvalue weighted by molar-refractivity contribution is 5.71. The van der Waals surface area contributed by atoms with Gasteiger partial charge in [0, 0.05) is 20.5 Å². The average Bonchev–Trinajstić information content (AvgIpc) is 3.00. The van der Waals surface area contributed by atoms with Crippen molar-refractivity contribution in [2.24, 2.45) is 0 Å². The molecule has 20 heavy (non-hydrogen) atoms. The van der Waals surface area contributed by atoms with Crippen LogP contribution < -0.4 is 4.90 Å². The maximum atomic E-state index is 9.81. The largest absolute Gasteiger partial charge is 0.394 e. The first-order chi connectivity index (χ1) is 9.60. The Kier molecular flexibility index (Phi) is 3.28. The maximum absolute atomic E-state index is 9.81. The highest BCUT2D eigenvalue weighted by Crippen LogP contribution is 2.30. The van der Waals surface area contributed by atoms with Gasteiger partial charge in [-0.05, 0) is 0 Å². The molecule has 1 fully saturated rings. The molecular weight excluding hydrogens is 262 g/mol. The molecule has 2 N–H and O–H groups in total. The first-order valence-corrected chi connectivity index (χ1v) is 6.41. The van der Waals surface area contributed by atoms with Crippen LogP contribution in [0.25, 0.3) is 11.2 Å². The lowest BCUT2D eigenvalue weighted by Gasteiger charge is -2.14. The Bertz CT molecular complexity index is 614. The number of anilines is 1. The minimum atomic E-state index is -0.683. The molecule has 0 bridgehead atoms. The molecule has 1 aliphatic heterocycles. The molecule has 0 aliphatic carbocycles. The summed E-state index contributed by atoms with van der Waals surface area (Å²) in [4.78, 5) is 14.7. The number of aliphatic hydroxyl groups is 2. The summed E-state index contributed by atoms with van der Waals surface area (Å²) >= 11 is 0. The Morgan fingerprint density at radius 2 is 2.25 bits per heavy atom. The molecule has 2 aromatic heterocycles. The van der Waals surface area contributed by atoms with Crippen LogP contribution >= 0.6 is 0 Å². The van der Waals surface area contributed by atoms with Gasteiger partial charge in [0.2, 0.25) is 5.95 Å². The van der Waals surface area contributed by atoms with Crippen molar-refractivity contribution in [1.29, 1.82) is 0 Å². The van der Waals surface area contributed by atoms with Gasteiger partial charge in [0.05, 0.1) is 25.2 Å².